The van der Waals surface area contributed by atoms with Crippen molar-refractivity contribution in [1.29, 1.82) is 0 Å². The molecule has 40 heavy (non-hydrogen) atoms. The van der Waals surface area contributed by atoms with Crippen LogP contribution in [0.1, 0.15) is 44.7 Å². The molecule has 0 spiro atoms. The first-order valence-electron chi connectivity index (χ1n) is 13.2. The van der Waals surface area contributed by atoms with Gasteiger partial charge in [-0.25, -0.2) is 8.42 Å². The number of halogens is 2. The molecule has 0 fully saturated rings. The van der Waals surface area contributed by atoms with E-state index in [9.17, 15) is 18.0 Å². The number of hydrogen-bond acceptors (Lipinski definition) is 4. The third-order valence-corrected chi connectivity index (χ3v) is 9.38. The normalized spacial score (nSPS) is 12.8. The highest BCUT2D eigenvalue weighted by Gasteiger charge is 2.35. The van der Waals surface area contributed by atoms with Crippen molar-refractivity contribution < 1.29 is 18.0 Å². The highest BCUT2D eigenvalue weighted by atomic mass is 35.5. The first-order valence-corrected chi connectivity index (χ1v) is 15.4. The zero-order chi connectivity index (χ0) is 29.4. The summed E-state index contributed by atoms with van der Waals surface area (Å²) < 4.78 is 28.8. The molecular weight excluding hydrogens is 569 g/mol. The Morgan fingerprint density at radius 1 is 0.900 bits per heavy atom. The van der Waals surface area contributed by atoms with Crippen molar-refractivity contribution in [2.75, 3.05) is 10.8 Å². The molecule has 0 aliphatic heterocycles. The number of carbonyl (C=O) groups is 2. The molecule has 0 aromatic heterocycles. The van der Waals surface area contributed by atoms with E-state index in [1.165, 1.54) is 23.1 Å². The van der Waals surface area contributed by atoms with Crippen molar-refractivity contribution >= 4 is 50.7 Å². The number of aryl methyl sites for hydroxylation is 1. The maximum atomic E-state index is 14.1. The molecule has 2 unspecified atom stereocenters. The number of rotatable bonds is 12. The molecule has 0 bridgehead atoms. The van der Waals surface area contributed by atoms with E-state index in [1.54, 1.807) is 30.3 Å². The minimum absolute atomic E-state index is 0.00322. The van der Waals surface area contributed by atoms with Crippen LogP contribution in [0.15, 0.2) is 77.7 Å². The van der Waals surface area contributed by atoms with E-state index in [2.05, 4.69) is 5.32 Å². The summed E-state index contributed by atoms with van der Waals surface area (Å²) in [6, 6.07) is 19.1. The molecule has 0 saturated heterocycles. The Morgan fingerprint density at radius 2 is 1.55 bits per heavy atom. The van der Waals surface area contributed by atoms with Crippen molar-refractivity contribution in [2.45, 2.75) is 64.1 Å². The second kappa shape index (κ2) is 14.0. The summed E-state index contributed by atoms with van der Waals surface area (Å²) in [6.45, 7) is 7.15. The van der Waals surface area contributed by atoms with Gasteiger partial charge in [0.05, 0.1) is 20.6 Å². The summed E-state index contributed by atoms with van der Waals surface area (Å²) in [5, 5.41) is 3.12. The fourth-order valence-electron chi connectivity index (χ4n) is 4.25. The van der Waals surface area contributed by atoms with Gasteiger partial charge in [-0.2, -0.15) is 0 Å². The maximum absolute atomic E-state index is 14.1. The Bertz CT molecular complexity index is 1430. The predicted molar refractivity (Wildman–Crippen MR) is 161 cm³/mol. The minimum Gasteiger partial charge on any atom is -0.352 e. The molecule has 0 heterocycles. The number of carbonyl (C=O) groups excluding carboxylic acids is 2. The van der Waals surface area contributed by atoms with Crippen LogP contribution in [0.3, 0.4) is 0 Å². The molecule has 0 aliphatic rings. The van der Waals surface area contributed by atoms with E-state index >= 15 is 0 Å². The van der Waals surface area contributed by atoms with Gasteiger partial charge in [-0.15, -0.1) is 0 Å². The van der Waals surface area contributed by atoms with E-state index in [4.69, 9.17) is 23.2 Å². The summed E-state index contributed by atoms with van der Waals surface area (Å²) in [4.78, 5) is 28.9. The van der Waals surface area contributed by atoms with Gasteiger partial charge >= 0.3 is 0 Å². The summed E-state index contributed by atoms with van der Waals surface area (Å²) in [6.07, 6.45) is 1.06. The second-order valence-corrected chi connectivity index (χ2v) is 12.2. The summed E-state index contributed by atoms with van der Waals surface area (Å²) in [5.74, 6) is -0.845. The number of nitrogens with one attached hydrogen (secondary N) is 1. The number of hydrogen-bond donors (Lipinski definition) is 1. The van der Waals surface area contributed by atoms with Crippen LogP contribution in [0.5, 0.6) is 0 Å². The number of nitrogens with zero attached hydrogens (tertiary/aromatic N) is 2. The lowest BCUT2D eigenvalue weighted by Gasteiger charge is -2.34. The van der Waals surface area contributed by atoms with Crippen LogP contribution in [0.25, 0.3) is 0 Å². The monoisotopic (exact) mass is 603 g/mol. The molecule has 0 aliphatic carbocycles. The topological polar surface area (TPSA) is 86.8 Å². The number of amides is 2. The molecule has 10 heteroatoms. The molecular formula is C30H35Cl2N3O4S. The molecule has 3 aromatic rings. The standard InChI is InChI=1S/C30H35Cl2N3O4S/c1-5-22(4)33-30(37)26(6-2)34(19-23-14-11-10-13-21(23)3)28(36)20-35(27-18-12-17-25(31)29(27)32)40(38,39)24-15-8-7-9-16-24/h7-18,22,26H,5-6,19-20H2,1-4H3,(H,33,37). The molecule has 2 atom stereocenters. The maximum Gasteiger partial charge on any atom is 0.264 e. The highest BCUT2D eigenvalue weighted by Crippen LogP contribution is 2.35. The van der Waals surface area contributed by atoms with Gasteiger partial charge in [0.25, 0.3) is 10.0 Å². The fourth-order valence-corrected chi connectivity index (χ4v) is 6.14. The molecule has 0 saturated carbocycles. The van der Waals surface area contributed by atoms with Crippen LogP contribution in [-0.2, 0) is 26.2 Å². The van der Waals surface area contributed by atoms with E-state index in [1.807, 2.05) is 52.0 Å². The van der Waals surface area contributed by atoms with Crippen molar-refractivity contribution in [1.82, 2.24) is 10.2 Å². The lowest BCUT2D eigenvalue weighted by atomic mass is 10.1. The fraction of sp³-hybridized carbons (Fsp3) is 0.333. The van der Waals surface area contributed by atoms with Gasteiger partial charge in [0.15, 0.2) is 0 Å². The Labute approximate surface area is 247 Å². The lowest BCUT2D eigenvalue weighted by Crippen LogP contribution is -2.53. The number of benzene rings is 3. The first-order chi connectivity index (χ1) is 19.0. The average molecular weight is 605 g/mol. The van der Waals surface area contributed by atoms with E-state index < -0.39 is 28.5 Å². The largest absolute Gasteiger partial charge is 0.352 e. The molecule has 1 N–H and O–H groups in total. The van der Waals surface area contributed by atoms with Gasteiger partial charge in [0.1, 0.15) is 12.6 Å². The Kier molecular flexibility index (Phi) is 11.0. The van der Waals surface area contributed by atoms with Crippen LogP contribution in [0, 0.1) is 6.92 Å². The van der Waals surface area contributed by atoms with Gasteiger partial charge in [-0.1, -0.05) is 85.6 Å². The summed E-state index contributed by atoms with van der Waals surface area (Å²) in [7, 11) is -4.24. The van der Waals surface area contributed by atoms with Gasteiger partial charge in [-0.05, 0) is 62.1 Å². The van der Waals surface area contributed by atoms with Gasteiger partial charge < -0.3 is 10.2 Å². The molecule has 3 rings (SSSR count). The first kappa shape index (κ1) is 31.5. The van der Waals surface area contributed by atoms with E-state index in [0.29, 0.717) is 6.42 Å². The molecule has 214 valence electrons. The highest BCUT2D eigenvalue weighted by molar-refractivity contribution is 7.92. The molecule has 3 aromatic carbocycles. The summed E-state index contributed by atoms with van der Waals surface area (Å²) in [5.41, 5.74) is 1.87. The van der Waals surface area contributed by atoms with Crippen LogP contribution < -0.4 is 9.62 Å². The van der Waals surface area contributed by atoms with Crippen molar-refractivity contribution in [3.8, 4) is 0 Å². The van der Waals surface area contributed by atoms with Crippen LogP contribution >= 0.6 is 23.2 Å². The number of sulfonamides is 1. The lowest BCUT2D eigenvalue weighted by molar-refractivity contribution is -0.140. The van der Waals surface area contributed by atoms with E-state index in [-0.39, 0.29) is 39.1 Å². The van der Waals surface area contributed by atoms with Gasteiger partial charge in [-0.3, -0.25) is 13.9 Å². The molecule has 0 radical (unpaired) electrons. The van der Waals surface area contributed by atoms with Crippen LogP contribution in [0.4, 0.5) is 5.69 Å². The zero-order valence-electron chi connectivity index (χ0n) is 23.1. The smallest absolute Gasteiger partial charge is 0.264 e. The Morgan fingerprint density at radius 3 is 2.17 bits per heavy atom. The van der Waals surface area contributed by atoms with Gasteiger partial charge in [0, 0.05) is 12.6 Å². The van der Waals surface area contributed by atoms with Crippen LogP contribution in [-0.4, -0.2) is 43.8 Å². The van der Waals surface area contributed by atoms with Crippen molar-refractivity contribution in [3.05, 3.63) is 94.0 Å². The number of anilines is 1. The SMILES string of the molecule is CCC(C)NC(=O)C(CC)N(Cc1ccccc1C)C(=O)CN(c1cccc(Cl)c1Cl)S(=O)(=O)c1ccccc1. The molecule has 7 nitrogen and oxygen atoms in total. The predicted octanol–water partition coefficient (Wildman–Crippen LogP) is 6.22. The minimum atomic E-state index is -4.24. The third-order valence-electron chi connectivity index (χ3n) is 6.80. The molecule has 2 amide bonds. The van der Waals surface area contributed by atoms with Crippen molar-refractivity contribution in [3.63, 3.8) is 0 Å². The van der Waals surface area contributed by atoms with Crippen LogP contribution in [0.2, 0.25) is 10.0 Å². The Hall–Kier alpha value is -3.07. The van der Waals surface area contributed by atoms with Crippen molar-refractivity contribution in [2.24, 2.45) is 0 Å². The third kappa shape index (κ3) is 7.36. The summed E-state index contributed by atoms with van der Waals surface area (Å²) >= 11 is 12.7. The second-order valence-electron chi connectivity index (χ2n) is 9.59. The van der Waals surface area contributed by atoms with E-state index in [0.717, 1.165) is 21.9 Å². The quantitative estimate of drug-likeness (QED) is 0.266. The van der Waals surface area contributed by atoms with Gasteiger partial charge in [0.2, 0.25) is 11.8 Å². The zero-order valence-corrected chi connectivity index (χ0v) is 25.4. The average Bonchev–Trinajstić information content (AvgIpc) is 2.94. The Balaban J connectivity index is 2.10.